The zero-order valence-corrected chi connectivity index (χ0v) is 21.8. The van der Waals surface area contributed by atoms with Gasteiger partial charge in [0.1, 0.15) is 4.21 Å². The van der Waals surface area contributed by atoms with Crippen molar-refractivity contribution in [2.45, 2.75) is 29.5 Å². The molecule has 11 heteroatoms. The number of amides is 1. The minimum absolute atomic E-state index is 0.230. The summed E-state index contributed by atoms with van der Waals surface area (Å²) < 4.78 is 28.3. The number of hydrogen-bond donors (Lipinski definition) is 2. The van der Waals surface area contributed by atoms with Crippen molar-refractivity contribution in [1.82, 2.24) is 19.8 Å². The van der Waals surface area contributed by atoms with Crippen LogP contribution >= 0.6 is 34.3 Å². The lowest BCUT2D eigenvalue weighted by Crippen LogP contribution is -2.37. The van der Waals surface area contributed by atoms with Gasteiger partial charge in [0.2, 0.25) is 0 Å². The number of rotatable bonds is 7. The van der Waals surface area contributed by atoms with Gasteiger partial charge in [0.15, 0.2) is 0 Å². The first-order chi connectivity index (χ1) is 16.9. The van der Waals surface area contributed by atoms with E-state index >= 15 is 0 Å². The highest BCUT2D eigenvalue weighted by atomic mass is 35.5. The molecule has 35 heavy (non-hydrogen) atoms. The molecule has 0 atom stereocenters. The number of hydrogen-bond acceptors (Lipinski definition) is 6. The van der Waals surface area contributed by atoms with E-state index in [0.29, 0.717) is 27.9 Å². The third-order valence-corrected chi connectivity index (χ3v) is 10.6. The van der Waals surface area contributed by atoms with Gasteiger partial charge in [-0.3, -0.25) is 9.89 Å². The summed E-state index contributed by atoms with van der Waals surface area (Å²) in [7, 11) is -3.57. The van der Waals surface area contributed by atoms with E-state index in [4.69, 9.17) is 11.6 Å². The Bertz CT molecular complexity index is 1400. The summed E-state index contributed by atoms with van der Waals surface area (Å²) >= 11 is 8.71. The molecule has 5 rings (SSSR count). The molecule has 1 aromatic carbocycles. The van der Waals surface area contributed by atoms with Crippen molar-refractivity contribution in [2.75, 3.05) is 13.1 Å². The van der Waals surface area contributed by atoms with E-state index in [1.165, 1.54) is 11.3 Å². The Morgan fingerprint density at radius 1 is 1.14 bits per heavy atom. The normalized spacial score (nSPS) is 15.3. The van der Waals surface area contributed by atoms with Gasteiger partial charge in [-0.2, -0.15) is 9.40 Å². The number of carbonyl (C=O) groups is 1. The number of halogens is 1. The van der Waals surface area contributed by atoms with Crippen molar-refractivity contribution >= 4 is 50.2 Å². The molecule has 2 N–H and O–H groups in total. The molecule has 1 fully saturated rings. The monoisotopic (exact) mass is 546 g/mol. The van der Waals surface area contributed by atoms with E-state index in [1.54, 1.807) is 52.0 Å². The quantitative estimate of drug-likeness (QED) is 0.326. The summed E-state index contributed by atoms with van der Waals surface area (Å²) in [6, 6.07) is 16.1. The first-order valence-electron chi connectivity index (χ1n) is 11.1. The van der Waals surface area contributed by atoms with E-state index in [2.05, 4.69) is 27.6 Å². The van der Waals surface area contributed by atoms with Crippen LogP contribution in [-0.4, -0.2) is 41.9 Å². The standard InChI is InChI=1S/C24H23ClN4O3S3/c25-18-5-3-17(4-6-18)24(30)26-15-19-7-8-23(34-19)35(31,32)29-11-9-16(10-12-29)20-14-21(28-27-20)22-2-1-13-33-22/h1-8,13-14,16H,9-12,15H2,(H,26,30)(H,27,28). The average Bonchev–Trinajstić information content (AvgIpc) is 3.65. The molecule has 7 nitrogen and oxygen atoms in total. The lowest BCUT2D eigenvalue weighted by Gasteiger charge is -2.29. The van der Waals surface area contributed by atoms with E-state index < -0.39 is 10.0 Å². The molecule has 4 heterocycles. The van der Waals surface area contributed by atoms with Gasteiger partial charge in [0.05, 0.1) is 22.8 Å². The largest absolute Gasteiger partial charge is 0.347 e. The molecule has 1 amide bonds. The molecule has 182 valence electrons. The van der Waals surface area contributed by atoms with Crippen molar-refractivity contribution in [3.05, 3.63) is 81.1 Å². The summed E-state index contributed by atoms with van der Waals surface area (Å²) in [6.45, 7) is 1.17. The highest BCUT2D eigenvalue weighted by molar-refractivity contribution is 7.91. The fourth-order valence-corrected chi connectivity index (χ4v) is 7.82. The predicted molar refractivity (Wildman–Crippen MR) is 140 cm³/mol. The number of benzene rings is 1. The SMILES string of the molecule is O=C(NCc1ccc(S(=O)(=O)N2CCC(c3cc(-c4cccs4)[nH]n3)CC2)s1)c1ccc(Cl)cc1. The van der Waals surface area contributed by atoms with Crippen molar-refractivity contribution < 1.29 is 13.2 Å². The zero-order valence-electron chi connectivity index (χ0n) is 18.6. The lowest BCUT2D eigenvalue weighted by molar-refractivity contribution is 0.0951. The van der Waals surface area contributed by atoms with E-state index in [1.807, 2.05) is 11.4 Å². The number of carbonyl (C=O) groups excluding carboxylic acids is 1. The van der Waals surface area contributed by atoms with E-state index in [-0.39, 0.29) is 18.4 Å². The number of sulfonamides is 1. The van der Waals surface area contributed by atoms with Gasteiger partial charge >= 0.3 is 0 Å². The average molecular weight is 547 g/mol. The van der Waals surface area contributed by atoms with Crippen LogP contribution < -0.4 is 5.32 Å². The molecule has 0 radical (unpaired) electrons. The summed E-state index contributed by atoms with van der Waals surface area (Å²) in [4.78, 5) is 14.2. The van der Waals surface area contributed by atoms with Gasteiger partial charge in [0.25, 0.3) is 15.9 Å². The summed E-state index contributed by atoms with van der Waals surface area (Å²) in [5, 5.41) is 13.0. The van der Waals surface area contributed by atoms with Gasteiger partial charge in [-0.05, 0) is 66.8 Å². The Morgan fingerprint density at radius 2 is 1.91 bits per heavy atom. The van der Waals surface area contributed by atoms with Crippen LogP contribution in [0, 0.1) is 0 Å². The predicted octanol–water partition coefficient (Wildman–Crippen LogP) is 5.35. The molecule has 4 aromatic rings. The maximum atomic E-state index is 13.2. The van der Waals surface area contributed by atoms with Gasteiger partial charge in [-0.25, -0.2) is 8.42 Å². The van der Waals surface area contributed by atoms with Gasteiger partial charge in [0, 0.05) is 34.5 Å². The third kappa shape index (κ3) is 5.36. The van der Waals surface area contributed by atoms with Gasteiger partial charge in [-0.1, -0.05) is 17.7 Å². The number of aromatic amines is 1. The molecule has 0 aliphatic carbocycles. The van der Waals surface area contributed by atoms with Crippen LogP contribution in [0.1, 0.15) is 39.7 Å². The number of H-pyrrole nitrogens is 1. The summed E-state index contributed by atoms with van der Waals surface area (Å²) in [5.41, 5.74) is 2.49. The molecule has 1 aliphatic heterocycles. The fraction of sp³-hybridized carbons (Fsp3) is 0.250. The Balaban J connectivity index is 1.18. The highest BCUT2D eigenvalue weighted by Crippen LogP contribution is 2.33. The molecule has 0 saturated carbocycles. The topological polar surface area (TPSA) is 95.2 Å². The number of nitrogens with one attached hydrogen (secondary N) is 2. The molecule has 1 aliphatic rings. The Kier molecular flexibility index (Phi) is 7.08. The number of thiophene rings is 2. The second-order valence-electron chi connectivity index (χ2n) is 8.27. The van der Waals surface area contributed by atoms with E-state index in [9.17, 15) is 13.2 Å². The Labute approximate surface area is 216 Å². The van der Waals surface area contributed by atoms with Crippen molar-refractivity contribution in [2.24, 2.45) is 0 Å². The smallest absolute Gasteiger partial charge is 0.252 e. The van der Waals surface area contributed by atoms with Crippen LogP contribution in [0.4, 0.5) is 0 Å². The minimum Gasteiger partial charge on any atom is -0.347 e. The molecular formula is C24H23ClN4O3S3. The second-order valence-corrected chi connectivity index (χ2v) is 13.0. The first-order valence-corrected chi connectivity index (χ1v) is 14.6. The lowest BCUT2D eigenvalue weighted by atomic mass is 9.94. The van der Waals surface area contributed by atoms with Crippen LogP contribution in [0.25, 0.3) is 10.6 Å². The van der Waals surface area contributed by atoms with Gasteiger partial charge < -0.3 is 5.32 Å². The minimum atomic E-state index is -3.57. The fourth-order valence-electron chi connectivity index (χ4n) is 4.09. The highest BCUT2D eigenvalue weighted by Gasteiger charge is 2.32. The molecule has 0 bridgehead atoms. The first kappa shape index (κ1) is 24.2. The number of aromatic nitrogens is 2. The third-order valence-electron chi connectivity index (χ3n) is 6.02. The Morgan fingerprint density at radius 3 is 2.63 bits per heavy atom. The molecule has 3 aromatic heterocycles. The van der Waals surface area contributed by atoms with Crippen LogP contribution in [0.2, 0.25) is 5.02 Å². The van der Waals surface area contributed by atoms with Crippen LogP contribution in [0.15, 0.2) is 64.2 Å². The maximum absolute atomic E-state index is 13.2. The van der Waals surface area contributed by atoms with E-state index in [0.717, 1.165) is 34.0 Å². The molecule has 0 spiro atoms. The van der Waals surface area contributed by atoms with Crippen molar-refractivity contribution in [1.29, 1.82) is 0 Å². The summed E-state index contributed by atoms with van der Waals surface area (Å²) in [5.74, 6) is -0.00413. The van der Waals surface area contributed by atoms with Gasteiger partial charge in [-0.15, -0.1) is 22.7 Å². The van der Waals surface area contributed by atoms with Crippen LogP contribution in [0.3, 0.4) is 0 Å². The summed E-state index contributed by atoms with van der Waals surface area (Å²) in [6.07, 6.45) is 1.45. The Hall–Kier alpha value is -2.50. The van der Waals surface area contributed by atoms with Crippen LogP contribution in [0.5, 0.6) is 0 Å². The second kappa shape index (κ2) is 10.2. The maximum Gasteiger partial charge on any atom is 0.252 e. The number of nitrogens with zero attached hydrogens (tertiary/aromatic N) is 2. The van der Waals surface area contributed by atoms with Crippen molar-refractivity contribution in [3.63, 3.8) is 0 Å². The van der Waals surface area contributed by atoms with Crippen molar-refractivity contribution in [3.8, 4) is 10.6 Å². The van der Waals surface area contributed by atoms with Crippen LogP contribution in [-0.2, 0) is 16.6 Å². The molecular weight excluding hydrogens is 524 g/mol. The zero-order chi connectivity index (χ0) is 24.4. The number of piperidine rings is 1. The molecule has 1 saturated heterocycles. The molecule has 0 unspecified atom stereocenters.